The molecule has 1 unspecified atom stereocenters. The zero-order chi connectivity index (χ0) is 12.0. The normalized spacial score (nSPS) is 21.9. The van der Waals surface area contributed by atoms with Crippen LogP contribution in [0.3, 0.4) is 0 Å². The van der Waals surface area contributed by atoms with Gasteiger partial charge in [-0.05, 0) is 19.4 Å². The Morgan fingerprint density at radius 1 is 1.50 bits per heavy atom. The predicted molar refractivity (Wildman–Crippen MR) is 62.3 cm³/mol. The van der Waals surface area contributed by atoms with Crippen LogP contribution in [-0.2, 0) is 10.0 Å². The van der Waals surface area contributed by atoms with Crippen LogP contribution in [0.1, 0.15) is 26.2 Å². The SMILES string of the molecule is CCN(CC1CCCCN1)S(=O)(=O)CC#N. The number of hydrogen-bond donors (Lipinski definition) is 1. The third-order valence-corrected chi connectivity index (χ3v) is 4.52. The second-order valence-electron chi connectivity index (χ2n) is 4.01. The number of nitrogens with zero attached hydrogens (tertiary/aromatic N) is 2. The van der Waals surface area contributed by atoms with Gasteiger partial charge in [-0.25, -0.2) is 8.42 Å². The molecule has 1 heterocycles. The highest BCUT2D eigenvalue weighted by atomic mass is 32.2. The number of hydrogen-bond acceptors (Lipinski definition) is 4. The second kappa shape index (κ2) is 6.18. The second-order valence-corrected chi connectivity index (χ2v) is 5.98. The van der Waals surface area contributed by atoms with Gasteiger partial charge in [0.15, 0.2) is 5.75 Å². The number of nitrogens with one attached hydrogen (secondary N) is 1. The molecular formula is C10H19N3O2S. The van der Waals surface area contributed by atoms with Crippen LogP contribution < -0.4 is 5.32 Å². The van der Waals surface area contributed by atoms with Crippen molar-refractivity contribution in [3.63, 3.8) is 0 Å². The minimum atomic E-state index is -3.39. The summed E-state index contributed by atoms with van der Waals surface area (Å²) >= 11 is 0. The van der Waals surface area contributed by atoms with Crippen molar-refractivity contribution in [2.24, 2.45) is 0 Å². The smallest absolute Gasteiger partial charge is 0.227 e. The monoisotopic (exact) mass is 245 g/mol. The van der Waals surface area contributed by atoms with E-state index in [9.17, 15) is 8.42 Å². The Labute approximate surface area is 97.5 Å². The fourth-order valence-corrected chi connectivity index (χ4v) is 3.08. The molecule has 0 saturated carbocycles. The standard InChI is InChI=1S/C10H19N3O2S/c1-2-13(16(14,15)8-6-11)9-10-5-3-4-7-12-10/h10,12H,2-5,7-9H2,1H3. The zero-order valence-corrected chi connectivity index (χ0v) is 10.5. The van der Waals surface area contributed by atoms with Gasteiger partial charge in [-0.3, -0.25) is 0 Å². The van der Waals surface area contributed by atoms with Crippen LogP contribution in [-0.4, -0.2) is 44.2 Å². The molecule has 0 aromatic heterocycles. The van der Waals surface area contributed by atoms with Crippen molar-refractivity contribution in [3.8, 4) is 6.07 Å². The third kappa shape index (κ3) is 3.74. The lowest BCUT2D eigenvalue weighted by Gasteiger charge is -2.28. The van der Waals surface area contributed by atoms with Crippen molar-refractivity contribution in [1.29, 1.82) is 5.26 Å². The molecule has 6 heteroatoms. The maximum Gasteiger partial charge on any atom is 0.227 e. The topological polar surface area (TPSA) is 73.2 Å². The summed E-state index contributed by atoms with van der Waals surface area (Å²) in [5, 5.41) is 11.8. The first-order valence-corrected chi connectivity index (χ1v) is 7.29. The van der Waals surface area contributed by atoms with Gasteiger partial charge in [0, 0.05) is 19.1 Å². The summed E-state index contributed by atoms with van der Waals surface area (Å²) in [5.41, 5.74) is 0. The first-order chi connectivity index (χ1) is 7.60. The maximum absolute atomic E-state index is 11.7. The van der Waals surface area contributed by atoms with E-state index in [2.05, 4.69) is 5.32 Å². The Morgan fingerprint density at radius 3 is 2.75 bits per heavy atom. The molecule has 92 valence electrons. The van der Waals surface area contributed by atoms with Gasteiger partial charge in [-0.2, -0.15) is 9.57 Å². The van der Waals surface area contributed by atoms with E-state index in [4.69, 9.17) is 5.26 Å². The Balaban J connectivity index is 2.57. The van der Waals surface area contributed by atoms with Gasteiger partial charge in [0.1, 0.15) is 0 Å². The van der Waals surface area contributed by atoms with Crippen LogP contribution in [0.5, 0.6) is 0 Å². The summed E-state index contributed by atoms with van der Waals surface area (Å²) in [5.74, 6) is -0.423. The number of likely N-dealkylation sites (N-methyl/N-ethyl adjacent to an activating group) is 1. The van der Waals surface area contributed by atoms with Crippen molar-refractivity contribution in [3.05, 3.63) is 0 Å². The van der Waals surface area contributed by atoms with E-state index >= 15 is 0 Å². The molecule has 16 heavy (non-hydrogen) atoms. The van der Waals surface area contributed by atoms with Crippen molar-refractivity contribution in [2.75, 3.05) is 25.4 Å². The van der Waals surface area contributed by atoms with E-state index in [-0.39, 0.29) is 6.04 Å². The number of rotatable bonds is 5. The molecule has 1 aliphatic rings. The first kappa shape index (κ1) is 13.4. The molecule has 1 N–H and O–H groups in total. The Hall–Kier alpha value is -0.640. The van der Waals surface area contributed by atoms with Crippen molar-refractivity contribution >= 4 is 10.0 Å². The van der Waals surface area contributed by atoms with E-state index in [1.165, 1.54) is 4.31 Å². The summed E-state index contributed by atoms with van der Waals surface area (Å²) in [6.45, 7) is 3.68. The van der Waals surface area contributed by atoms with Crippen molar-refractivity contribution < 1.29 is 8.42 Å². The van der Waals surface area contributed by atoms with Gasteiger partial charge in [0.05, 0.1) is 6.07 Å². The minimum Gasteiger partial charge on any atom is -0.313 e. The molecular weight excluding hydrogens is 226 g/mol. The molecule has 1 atom stereocenters. The lowest BCUT2D eigenvalue weighted by atomic mass is 10.1. The molecule has 0 amide bonds. The first-order valence-electron chi connectivity index (χ1n) is 5.68. The van der Waals surface area contributed by atoms with Crippen molar-refractivity contribution in [2.45, 2.75) is 32.2 Å². The Bertz CT molecular complexity index is 342. The molecule has 1 aliphatic heterocycles. The molecule has 1 fully saturated rings. The lowest BCUT2D eigenvalue weighted by molar-refractivity contribution is 0.320. The molecule has 1 saturated heterocycles. The molecule has 1 rings (SSSR count). The predicted octanol–water partition coefficient (Wildman–Crippen LogP) is 0.304. The molecule has 0 aliphatic carbocycles. The van der Waals surface area contributed by atoms with E-state index in [0.29, 0.717) is 13.1 Å². The summed E-state index contributed by atoms with van der Waals surface area (Å²) in [4.78, 5) is 0. The molecule has 0 bridgehead atoms. The summed E-state index contributed by atoms with van der Waals surface area (Å²) in [7, 11) is -3.39. The van der Waals surface area contributed by atoms with Gasteiger partial charge < -0.3 is 5.32 Å². The highest BCUT2D eigenvalue weighted by molar-refractivity contribution is 7.89. The molecule has 0 spiro atoms. The fraction of sp³-hybridized carbons (Fsp3) is 0.900. The molecule has 5 nitrogen and oxygen atoms in total. The number of piperidine rings is 1. The van der Waals surface area contributed by atoms with Gasteiger partial charge in [0.2, 0.25) is 10.0 Å². The van der Waals surface area contributed by atoms with Crippen LogP contribution in [0.25, 0.3) is 0 Å². The van der Waals surface area contributed by atoms with Crippen LogP contribution in [0, 0.1) is 11.3 Å². The van der Waals surface area contributed by atoms with Crippen LogP contribution >= 0.6 is 0 Å². The van der Waals surface area contributed by atoms with Gasteiger partial charge in [0.25, 0.3) is 0 Å². The lowest BCUT2D eigenvalue weighted by Crippen LogP contribution is -2.46. The van der Waals surface area contributed by atoms with Crippen LogP contribution in [0.2, 0.25) is 0 Å². The van der Waals surface area contributed by atoms with Gasteiger partial charge in [-0.1, -0.05) is 13.3 Å². The molecule has 0 radical (unpaired) electrons. The van der Waals surface area contributed by atoms with Gasteiger partial charge in [-0.15, -0.1) is 0 Å². The van der Waals surface area contributed by atoms with Crippen molar-refractivity contribution in [1.82, 2.24) is 9.62 Å². The minimum absolute atomic E-state index is 0.238. The van der Waals surface area contributed by atoms with E-state index < -0.39 is 15.8 Å². The fourth-order valence-electron chi connectivity index (χ4n) is 1.94. The van der Waals surface area contributed by atoms with Gasteiger partial charge >= 0.3 is 0 Å². The van der Waals surface area contributed by atoms with E-state index in [1.807, 2.05) is 0 Å². The Kier molecular flexibility index (Phi) is 5.19. The summed E-state index contributed by atoms with van der Waals surface area (Å²) in [6.07, 6.45) is 3.32. The quantitative estimate of drug-likeness (QED) is 0.756. The highest BCUT2D eigenvalue weighted by Gasteiger charge is 2.24. The zero-order valence-electron chi connectivity index (χ0n) is 9.65. The number of sulfonamides is 1. The largest absolute Gasteiger partial charge is 0.313 e. The number of nitriles is 1. The van der Waals surface area contributed by atoms with Crippen LogP contribution in [0.15, 0.2) is 0 Å². The summed E-state index contributed by atoms with van der Waals surface area (Å²) in [6, 6.07) is 1.95. The van der Waals surface area contributed by atoms with Crippen LogP contribution in [0.4, 0.5) is 0 Å². The average molecular weight is 245 g/mol. The van der Waals surface area contributed by atoms with E-state index in [1.54, 1.807) is 13.0 Å². The third-order valence-electron chi connectivity index (χ3n) is 2.83. The Morgan fingerprint density at radius 2 is 2.25 bits per heavy atom. The highest BCUT2D eigenvalue weighted by Crippen LogP contribution is 2.10. The maximum atomic E-state index is 11.7. The van der Waals surface area contributed by atoms with E-state index in [0.717, 1.165) is 25.8 Å². The molecule has 0 aromatic rings. The average Bonchev–Trinajstić information content (AvgIpc) is 2.27. The summed E-state index contributed by atoms with van der Waals surface area (Å²) < 4.78 is 24.8. The molecule has 0 aromatic carbocycles.